The third-order valence-electron chi connectivity index (χ3n) is 1.01. The van der Waals surface area contributed by atoms with Gasteiger partial charge in [0.25, 0.3) is 0 Å². The minimum Gasteiger partial charge on any atom is -0.127 e. The minimum atomic E-state index is 0.626. The van der Waals surface area contributed by atoms with E-state index in [1.807, 2.05) is 6.08 Å². The van der Waals surface area contributed by atoms with Crippen LogP contribution in [-0.4, -0.2) is 11.8 Å². The van der Waals surface area contributed by atoms with Gasteiger partial charge in [0, 0.05) is 11.8 Å². The Bertz CT molecular complexity index is 69.3. The van der Waals surface area contributed by atoms with E-state index in [2.05, 4.69) is 6.08 Å². The molecule has 0 saturated heterocycles. The van der Waals surface area contributed by atoms with Gasteiger partial charge in [0.15, 0.2) is 0 Å². The summed E-state index contributed by atoms with van der Waals surface area (Å²) in [5.41, 5.74) is 0. The fourth-order valence-corrected chi connectivity index (χ4v) is 0.852. The number of halogens is 2. The van der Waals surface area contributed by atoms with E-state index in [1.54, 1.807) is 0 Å². The molecule has 0 heterocycles. The van der Waals surface area contributed by atoms with Crippen LogP contribution in [0.15, 0.2) is 12.2 Å². The predicted molar refractivity (Wildman–Crippen MR) is 44.4 cm³/mol. The molecular formula is C7H12Cl2. The maximum atomic E-state index is 5.46. The first kappa shape index (κ1) is 9.32. The first-order valence-electron chi connectivity index (χ1n) is 3.18. The van der Waals surface area contributed by atoms with Crippen LogP contribution in [0.25, 0.3) is 0 Å². The van der Waals surface area contributed by atoms with Gasteiger partial charge >= 0.3 is 0 Å². The number of hydrogen-bond acceptors (Lipinski definition) is 0. The zero-order valence-electron chi connectivity index (χ0n) is 5.45. The van der Waals surface area contributed by atoms with Gasteiger partial charge in [0.2, 0.25) is 0 Å². The standard InChI is InChI=1S/C7H12Cl2/c8-6-4-2-1-3-5-7-9/h2,4H,1,3,5-7H2/b4-2+. The molecule has 54 valence electrons. The summed E-state index contributed by atoms with van der Waals surface area (Å²) in [5.74, 6) is 1.40. The summed E-state index contributed by atoms with van der Waals surface area (Å²) in [7, 11) is 0. The van der Waals surface area contributed by atoms with Crippen molar-refractivity contribution in [2.75, 3.05) is 11.8 Å². The van der Waals surface area contributed by atoms with E-state index in [4.69, 9.17) is 23.2 Å². The Kier molecular flexibility index (Phi) is 8.62. The molecule has 0 fully saturated rings. The predicted octanol–water partition coefficient (Wildman–Crippen LogP) is 3.19. The third kappa shape index (κ3) is 8.32. The van der Waals surface area contributed by atoms with Crippen LogP contribution in [0.1, 0.15) is 19.3 Å². The summed E-state index contributed by atoms with van der Waals surface area (Å²) >= 11 is 10.9. The Morgan fingerprint density at radius 1 is 1.00 bits per heavy atom. The third-order valence-corrected chi connectivity index (χ3v) is 1.46. The summed E-state index contributed by atoms with van der Waals surface area (Å²) in [6.45, 7) is 0. The number of rotatable bonds is 5. The molecule has 0 bridgehead atoms. The van der Waals surface area contributed by atoms with Gasteiger partial charge in [-0.2, -0.15) is 0 Å². The van der Waals surface area contributed by atoms with Crippen LogP contribution < -0.4 is 0 Å². The monoisotopic (exact) mass is 166 g/mol. The lowest BCUT2D eigenvalue weighted by Gasteiger charge is -1.88. The van der Waals surface area contributed by atoms with Crippen LogP contribution in [0.4, 0.5) is 0 Å². The van der Waals surface area contributed by atoms with Crippen molar-refractivity contribution < 1.29 is 0 Å². The fourth-order valence-electron chi connectivity index (χ4n) is 0.538. The SMILES string of the molecule is ClC/C=C/CCCCCl. The summed E-state index contributed by atoms with van der Waals surface area (Å²) in [6.07, 6.45) is 7.46. The van der Waals surface area contributed by atoms with E-state index >= 15 is 0 Å². The quantitative estimate of drug-likeness (QED) is 0.335. The van der Waals surface area contributed by atoms with Gasteiger partial charge in [-0.25, -0.2) is 0 Å². The number of allylic oxidation sites excluding steroid dienone is 2. The van der Waals surface area contributed by atoms with Crippen LogP contribution in [0.2, 0.25) is 0 Å². The second-order valence-electron chi connectivity index (χ2n) is 1.81. The molecular weight excluding hydrogens is 155 g/mol. The van der Waals surface area contributed by atoms with E-state index in [9.17, 15) is 0 Å². The lowest BCUT2D eigenvalue weighted by molar-refractivity contribution is 0.819. The highest BCUT2D eigenvalue weighted by Gasteiger charge is 1.80. The molecule has 0 spiro atoms. The maximum Gasteiger partial charge on any atom is 0.0404 e. The molecule has 0 nitrogen and oxygen atoms in total. The van der Waals surface area contributed by atoms with E-state index < -0.39 is 0 Å². The summed E-state index contributed by atoms with van der Waals surface area (Å²) < 4.78 is 0. The molecule has 0 aliphatic heterocycles. The Balaban J connectivity index is 2.82. The fraction of sp³-hybridized carbons (Fsp3) is 0.714. The normalized spacial score (nSPS) is 10.9. The van der Waals surface area contributed by atoms with Crippen LogP contribution >= 0.6 is 23.2 Å². The highest BCUT2D eigenvalue weighted by Crippen LogP contribution is 1.97. The molecule has 0 rings (SSSR count). The Morgan fingerprint density at radius 3 is 2.33 bits per heavy atom. The second kappa shape index (κ2) is 8.32. The van der Waals surface area contributed by atoms with Gasteiger partial charge in [0.05, 0.1) is 0 Å². The van der Waals surface area contributed by atoms with Crippen molar-refractivity contribution in [2.45, 2.75) is 19.3 Å². The molecule has 0 aliphatic carbocycles. The summed E-state index contributed by atoms with van der Waals surface area (Å²) in [6, 6.07) is 0. The van der Waals surface area contributed by atoms with E-state index in [-0.39, 0.29) is 0 Å². The minimum absolute atomic E-state index is 0.626. The summed E-state index contributed by atoms with van der Waals surface area (Å²) in [5, 5.41) is 0. The molecule has 0 N–H and O–H groups in total. The number of unbranched alkanes of at least 4 members (excludes halogenated alkanes) is 2. The first-order valence-corrected chi connectivity index (χ1v) is 4.25. The molecule has 0 aromatic carbocycles. The van der Waals surface area contributed by atoms with Crippen molar-refractivity contribution in [2.24, 2.45) is 0 Å². The van der Waals surface area contributed by atoms with Crippen molar-refractivity contribution >= 4 is 23.2 Å². The van der Waals surface area contributed by atoms with Gasteiger partial charge in [-0.05, 0) is 19.3 Å². The molecule has 0 unspecified atom stereocenters. The average molecular weight is 167 g/mol. The van der Waals surface area contributed by atoms with Gasteiger partial charge in [-0.15, -0.1) is 23.2 Å². The lowest BCUT2D eigenvalue weighted by Crippen LogP contribution is -1.73. The van der Waals surface area contributed by atoms with Crippen molar-refractivity contribution in [1.29, 1.82) is 0 Å². The molecule has 0 aromatic heterocycles. The Hall–Kier alpha value is 0.320. The van der Waals surface area contributed by atoms with Crippen LogP contribution in [0.5, 0.6) is 0 Å². The first-order chi connectivity index (χ1) is 4.41. The van der Waals surface area contributed by atoms with Crippen LogP contribution in [-0.2, 0) is 0 Å². The van der Waals surface area contributed by atoms with Gasteiger partial charge in [0.1, 0.15) is 0 Å². The second-order valence-corrected chi connectivity index (χ2v) is 2.50. The van der Waals surface area contributed by atoms with Crippen molar-refractivity contribution in [3.63, 3.8) is 0 Å². The number of alkyl halides is 2. The molecule has 9 heavy (non-hydrogen) atoms. The summed E-state index contributed by atoms with van der Waals surface area (Å²) in [4.78, 5) is 0. The highest BCUT2D eigenvalue weighted by molar-refractivity contribution is 6.18. The van der Waals surface area contributed by atoms with Crippen molar-refractivity contribution in [3.8, 4) is 0 Å². The Morgan fingerprint density at radius 2 is 1.78 bits per heavy atom. The molecule has 0 atom stereocenters. The topological polar surface area (TPSA) is 0 Å². The molecule has 0 aromatic rings. The smallest absolute Gasteiger partial charge is 0.0404 e. The largest absolute Gasteiger partial charge is 0.127 e. The average Bonchev–Trinajstić information content (AvgIpc) is 1.89. The highest BCUT2D eigenvalue weighted by atomic mass is 35.5. The zero-order chi connectivity index (χ0) is 6.95. The number of hydrogen-bond donors (Lipinski definition) is 0. The van der Waals surface area contributed by atoms with E-state index in [1.165, 1.54) is 6.42 Å². The van der Waals surface area contributed by atoms with Crippen molar-refractivity contribution in [3.05, 3.63) is 12.2 Å². The molecule has 0 radical (unpaired) electrons. The molecule has 0 amide bonds. The van der Waals surface area contributed by atoms with E-state index in [0.717, 1.165) is 18.7 Å². The van der Waals surface area contributed by atoms with Gasteiger partial charge < -0.3 is 0 Å². The molecule has 0 saturated carbocycles. The van der Waals surface area contributed by atoms with Gasteiger partial charge in [-0.1, -0.05) is 12.2 Å². The van der Waals surface area contributed by atoms with E-state index in [0.29, 0.717) is 5.88 Å². The Labute approximate surface area is 66.8 Å². The lowest BCUT2D eigenvalue weighted by atomic mass is 10.2. The zero-order valence-corrected chi connectivity index (χ0v) is 6.96. The molecule has 2 heteroatoms. The van der Waals surface area contributed by atoms with Gasteiger partial charge in [-0.3, -0.25) is 0 Å². The maximum absolute atomic E-state index is 5.46. The van der Waals surface area contributed by atoms with Crippen LogP contribution in [0.3, 0.4) is 0 Å². The van der Waals surface area contributed by atoms with Crippen LogP contribution in [0, 0.1) is 0 Å². The molecule has 0 aliphatic rings. The van der Waals surface area contributed by atoms with Crippen molar-refractivity contribution in [1.82, 2.24) is 0 Å².